The van der Waals surface area contributed by atoms with Gasteiger partial charge in [0.2, 0.25) is 5.91 Å². The molecule has 0 aromatic heterocycles. The summed E-state index contributed by atoms with van der Waals surface area (Å²) in [7, 11) is 0. The Balaban J connectivity index is 1.75. The zero-order chi connectivity index (χ0) is 16.4. The maximum atomic E-state index is 12.2. The number of hydrogen-bond acceptors (Lipinski definition) is 3. The van der Waals surface area contributed by atoms with Gasteiger partial charge in [0.15, 0.2) is 6.61 Å². The van der Waals surface area contributed by atoms with Crippen molar-refractivity contribution in [1.82, 2.24) is 0 Å². The highest BCUT2D eigenvalue weighted by atomic mass is 79.9. The molecule has 0 radical (unpaired) electrons. The molecule has 0 spiro atoms. The Morgan fingerprint density at radius 1 is 1.26 bits per heavy atom. The summed E-state index contributed by atoms with van der Waals surface area (Å²) in [5.41, 5.74) is 2.35. The van der Waals surface area contributed by atoms with E-state index in [4.69, 9.17) is 4.74 Å². The lowest BCUT2D eigenvalue weighted by atomic mass is 10.1. The van der Waals surface area contributed by atoms with Crippen molar-refractivity contribution in [1.29, 1.82) is 0 Å². The van der Waals surface area contributed by atoms with E-state index in [-0.39, 0.29) is 25.0 Å². The van der Waals surface area contributed by atoms with E-state index in [0.29, 0.717) is 17.1 Å². The smallest absolute Gasteiger partial charge is 0.265 e. The molecule has 2 aromatic carbocycles. The van der Waals surface area contributed by atoms with Crippen molar-refractivity contribution in [2.75, 3.05) is 23.4 Å². The summed E-state index contributed by atoms with van der Waals surface area (Å²) in [6.07, 6.45) is 0. The van der Waals surface area contributed by atoms with Crippen molar-refractivity contribution in [2.24, 2.45) is 0 Å². The van der Waals surface area contributed by atoms with Crippen LogP contribution in [0.1, 0.15) is 5.56 Å². The van der Waals surface area contributed by atoms with Crippen LogP contribution in [0.4, 0.5) is 11.4 Å². The van der Waals surface area contributed by atoms with Crippen LogP contribution in [0.3, 0.4) is 0 Å². The zero-order valence-electron chi connectivity index (χ0n) is 12.5. The lowest BCUT2D eigenvalue weighted by Gasteiger charge is -2.29. The normalized spacial score (nSPS) is 13.3. The van der Waals surface area contributed by atoms with Crippen molar-refractivity contribution in [3.8, 4) is 5.75 Å². The van der Waals surface area contributed by atoms with Gasteiger partial charge in [0.05, 0.1) is 5.69 Å². The molecule has 1 N–H and O–H groups in total. The van der Waals surface area contributed by atoms with E-state index in [1.54, 1.807) is 18.2 Å². The molecule has 0 fully saturated rings. The Morgan fingerprint density at radius 2 is 2.00 bits per heavy atom. The Morgan fingerprint density at radius 3 is 2.74 bits per heavy atom. The molecule has 0 saturated heterocycles. The van der Waals surface area contributed by atoms with Gasteiger partial charge in [-0.25, -0.2) is 0 Å². The van der Waals surface area contributed by atoms with Gasteiger partial charge in [-0.15, -0.1) is 0 Å². The van der Waals surface area contributed by atoms with E-state index < -0.39 is 0 Å². The van der Waals surface area contributed by atoms with Crippen molar-refractivity contribution in [2.45, 2.75) is 6.92 Å². The second-order valence-corrected chi connectivity index (χ2v) is 6.21. The first kappa shape index (κ1) is 15.6. The summed E-state index contributed by atoms with van der Waals surface area (Å²) >= 11 is 3.34. The first-order valence-corrected chi connectivity index (χ1v) is 7.91. The van der Waals surface area contributed by atoms with Crippen LogP contribution in [0.5, 0.6) is 5.75 Å². The van der Waals surface area contributed by atoms with Gasteiger partial charge in [0, 0.05) is 10.2 Å². The number of hydrogen-bond donors (Lipinski definition) is 1. The van der Waals surface area contributed by atoms with Gasteiger partial charge in [-0.1, -0.05) is 22.0 Å². The number of aryl methyl sites for hydroxylation is 1. The van der Waals surface area contributed by atoms with Crippen LogP contribution in [0.25, 0.3) is 0 Å². The molecule has 118 valence electrons. The van der Waals surface area contributed by atoms with Crippen molar-refractivity contribution in [3.63, 3.8) is 0 Å². The van der Waals surface area contributed by atoms with Crippen LogP contribution in [-0.2, 0) is 9.59 Å². The lowest BCUT2D eigenvalue weighted by molar-refractivity contribution is -0.123. The van der Waals surface area contributed by atoms with Crippen LogP contribution in [-0.4, -0.2) is 25.0 Å². The molecule has 5 nitrogen and oxygen atoms in total. The Labute approximate surface area is 142 Å². The second kappa shape index (κ2) is 6.42. The SMILES string of the molecule is Cc1ccc2c(c1)OCC(=O)N2CC(=O)Nc1ccc(Br)cc1. The topological polar surface area (TPSA) is 58.6 Å². The number of benzene rings is 2. The van der Waals surface area contributed by atoms with Crippen LogP contribution in [0, 0.1) is 6.92 Å². The molecule has 1 heterocycles. The number of amides is 2. The number of carbonyl (C=O) groups excluding carboxylic acids is 2. The van der Waals surface area contributed by atoms with E-state index >= 15 is 0 Å². The Kier molecular flexibility index (Phi) is 4.34. The number of anilines is 2. The van der Waals surface area contributed by atoms with Crippen LogP contribution >= 0.6 is 15.9 Å². The third kappa shape index (κ3) is 3.53. The molecule has 1 aliphatic rings. The van der Waals surface area contributed by atoms with Gasteiger partial charge in [-0.3, -0.25) is 14.5 Å². The molecule has 2 aromatic rings. The summed E-state index contributed by atoms with van der Waals surface area (Å²) in [6.45, 7) is 1.85. The van der Waals surface area contributed by atoms with Crippen molar-refractivity contribution >= 4 is 39.1 Å². The fourth-order valence-corrected chi connectivity index (χ4v) is 2.63. The van der Waals surface area contributed by atoms with Gasteiger partial charge < -0.3 is 10.1 Å². The number of halogens is 1. The monoisotopic (exact) mass is 374 g/mol. The quantitative estimate of drug-likeness (QED) is 0.897. The summed E-state index contributed by atoms with van der Waals surface area (Å²) in [5, 5.41) is 2.78. The number of rotatable bonds is 3. The molecular weight excluding hydrogens is 360 g/mol. The Bertz CT molecular complexity index is 759. The first-order valence-electron chi connectivity index (χ1n) is 7.12. The third-order valence-corrected chi connectivity index (χ3v) is 4.02. The maximum Gasteiger partial charge on any atom is 0.265 e. The van der Waals surface area contributed by atoms with E-state index in [1.165, 1.54) is 4.90 Å². The van der Waals surface area contributed by atoms with Crippen molar-refractivity contribution < 1.29 is 14.3 Å². The van der Waals surface area contributed by atoms with Gasteiger partial charge in [0.25, 0.3) is 5.91 Å². The fourth-order valence-electron chi connectivity index (χ4n) is 2.36. The molecule has 1 aliphatic heterocycles. The third-order valence-electron chi connectivity index (χ3n) is 3.49. The van der Waals surface area contributed by atoms with Crippen LogP contribution in [0.2, 0.25) is 0 Å². The molecule has 3 rings (SSSR count). The summed E-state index contributed by atoms with van der Waals surface area (Å²) in [6, 6.07) is 12.8. The average molecular weight is 375 g/mol. The molecule has 6 heteroatoms. The average Bonchev–Trinajstić information content (AvgIpc) is 2.52. The summed E-state index contributed by atoms with van der Waals surface area (Å²) < 4.78 is 6.37. The largest absolute Gasteiger partial charge is 0.482 e. The van der Waals surface area contributed by atoms with Crippen LogP contribution < -0.4 is 15.0 Å². The van der Waals surface area contributed by atoms with E-state index in [2.05, 4.69) is 21.2 Å². The predicted molar refractivity (Wildman–Crippen MR) is 91.8 cm³/mol. The predicted octanol–water partition coefficient (Wildman–Crippen LogP) is 3.12. The highest BCUT2D eigenvalue weighted by Crippen LogP contribution is 2.32. The molecule has 23 heavy (non-hydrogen) atoms. The minimum absolute atomic E-state index is 0.0473. The molecule has 0 unspecified atom stereocenters. The summed E-state index contributed by atoms with van der Waals surface area (Å²) in [5.74, 6) is 0.141. The van der Waals surface area contributed by atoms with Gasteiger partial charge in [-0.05, 0) is 48.9 Å². The number of nitrogens with one attached hydrogen (secondary N) is 1. The Hall–Kier alpha value is -2.34. The highest BCUT2D eigenvalue weighted by molar-refractivity contribution is 9.10. The number of carbonyl (C=O) groups is 2. The maximum absolute atomic E-state index is 12.2. The van der Waals surface area contributed by atoms with Gasteiger partial charge in [-0.2, -0.15) is 0 Å². The van der Waals surface area contributed by atoms with E-state index in [1.807, 2.05) is 31.2 Å². The van der Waals surface area contributed by atoms with E-state index in [0.717, 1.165) is 10.0 Å². The lowest BCUT2D eigenvalue weighted by Crippen LogP contribution is -2.43. The van der Waals surface area contributed by atoms with Gasteiger partial charge in [0.1, 0.15) is 12.3 Å². The number of fused-ring (bicyclic) bond motifs is 1. The molecule has 0 bridgehead atoms. The molecule has 2 amide bonds. The molecule has 0 aliphatic carbocycles. The fraction of sp³-hybridized carbons (Fsp3) is 0.176. The van der Waals surface area contributed by atoms with Crippen LogP contribution in [0.15, 0.2) is 46.9 Å². The second-order valence-electron chi connectivity index (χ2n) is 5.29. The standard InChI is InChI=1S/C17H15BrN2O3/c1-11-2-7-14-15(8-11)23-10-17(22)20(14)9-16(21)19-13-5-3-12(18)4-6-13/h2-8H,9-10H2,1H3,(H,19,21). The van der Waals surface area contributed by atoms with E-state index in [9.17, 15) is 9.59 Å². The summed E-state index contributed by atoms with van der Waals surface area (Å²) in [4.78, 5) is 25.8. The van der Waals surface area contributed by atoms with Gasteiger partial charge >= 0.3 is 0 Å². The molecule has 0 atom stereocenters. The molecule has 0 saturated carbocycles. The highest BCUT2D eigenvalue weighted by Gasteiger charge is 2.27. The number of nitrogens with zero attached hydrogens (tertiary/aromatic N) is 1. The minimum Gasteiger partial charge on any atom is -0.482 e. The number of ether oxygens (including phenoxy) is 1. The van der Waals surface area contributed by atoms with Crippen molar-refractivity contribution in [3.05, 3.63) is 52.5 Å². The zero-order valence-corrected chi connectivity index (χ0v) is 14.1. The first-order chi connectivity index (χ1) is 11.0. The minimum atomic E-state index is -0.255. The molecular formula is C17H15BrN2O3.